The predicted octanol–water partition coefficient (Wildman–Crippen LogP) is 3.61. The molecule has 0 spiro atoms. The molecule has 1 aliphatic rings. The first-order valence-corrected chi connectivity index (χ1v) is 9.76. The summed E-state index contributed by atoms with van der Waals surface area (Å²) in [5, 5.41) is 3.20. The molecule has 0 aromatic heterocycles. The molecular formula is C17H20Si. The van der Waals surface area contributed by atoms with Crippen molar-refractivity contribution in [3.63, 3.8) is 0 Å². The number of benzene rings is 2. The second-order valence-corrected chi connectivity index (χ2v) is 10.5. The van der Waals surface area contributed by atoms with E-state index < -0.39 is 8.07 Å². The maximum Gasteiger partial charge on any atom is 0.113 e. The summed E-state index contributed by atoms with van der Waals surface area (Å²) in [7, 11) is -1.44. The van der Waals surface area contributed by atoms with Crippen molar-refractivity contribution in [2.75, 3.05) is 0 Å². The second kappa shape index (κ2) is 3.82. The average Bonchev–Trinajstić information content (AvgIpc) is 2.59. The van der Waals surface area contributed by atoms with Crippen molar-refractivity contribution < 1.29 is 0 Å². The van der Waals surface area contributed by atoms with Gasteiger partial charge < -0.3 is 0 Å². The van der Waals surface area contributed by atoms with E-state index in [1.54, 1.807) is 10.4 Å². The van der Waals surface area contributed by atoms with Crippen LogP contribution in [0.1, 0.15) is 25.3 Å². The van der Waals surface area contributed by atoms with Gasteiger partial charge in [0.05, 0.1) is 0 Å². The Kier molecular flexibility index (Phi) is 2.49. The van der Waals surface area contributed by atoms with Gasteiger partial charge in [0.2, 0.25) is 0 Å². The highest BCUT2D eigenvalue weighted by Crippen LogP contribution is 2.30. The lowest BCUT2D eigenvalue weighted by Crippen LogP contribution is -2.49. The topological polar surface area (TPSA) is 0 Å². The van der Waals surface area contributed by atoms with Gasteiger partial charge in [0, 0.05) is 0 Å². The Morgan fingerprint density at radius 3 is 2.22 bits per heavy atom. The molecule has 0 fully saturated rings. The minimum atomic E-state index is -1.44. The minimum absolute atomic E-state index is 0.604. The summed E-state index contributed by atoms with van der Waals surface area (Å²) in [6, 6.07) is 16.1. The van der Waals surface area contributed by atoms with Crippen molar-refractivity contribution in [3.05, 3.63) is 48.0 Å². The summed E-state index contributed by atoms with van der Waals surface area (Å²) in [5.74, 6) is 0.604. The number of rotatable bonds is 1. The molecule has 3 rings (SSSR count). The number of hydrogen-bond donors (Lipinski definition) is 0. The lowest BCUT2D eigenvalue weighted by atomic mass is 9.97. The van der Waals surface area contributed by atoms with Crippen LogP contribution in [-0.4, -0.2) is 8.07 Å². The van der Waals surface area contributed by atoms with Gasteiger partial charge in [0.15, 0.2) is 0 Å². The van der Waals surface area contributed by atoms with E-state index in [0.717, 1.165) is 0 Å². The van der Waals surface area contributed by atoms with Gasteiger partial charge in [-0.2, -0.15) is 0 Å². The minimum Gasteiger partial charge on any atom is -0.0623 e. The van der Waals surface area contributed by atoms with Crippen LogP contribution in [0.4, 0.5) is 0 Å². The molecule has 2 aromatic carbocycles. The SMILES string of the molecule is CC(C)c1ccc2c(c1)-c1ccccc1[Si]2(C)C. The van der Waals surface area contributed by atoms with Gasteiger partial charge in [0.25, 0.3) is 0 Å². The highest BCUT2D eigenvalue weighted by Gasteiger charge is 2.36. The van der Waals surface area contributed by atoms with Crippen molar-refractivity contribution in [2.24, 2.45) is 0 Å². The standard InChI is InChI=1S/C17H20Si/c1-12(2)13-9-10-17-15(11-13)14-7-5-6-8-16(14)18(17,3)4/h5-12H,1-4H3. The Morgan fingerprint density at radius 1 is 0.833 bits per heavy atom. The predicted molar refractivity (Wildman–Crippen MR) is 82.7 cm³/mol. The molecule has 18 heavy (non-hydrogen) atoms. The second-order valence-electron chi connectivity index (χ2n) is 6.13. The maximum atomic E-state index is 2.46. The first kappa shape index (κ1) is 11.7. The van der Waals surface area contributed by atoms with Crippen LogP contribution in [0.15, 0.2) is 42.5 Å². The maximum absolute atomic E-state index is 2.46. The molecule has 0 radical (unpaired) electrons. The van der Waals surface area contributed by atoms with Crippen LogP contribution in [0.5, 0.6) is 0 Å². The first-order valence-electron chi connectivity index (χ1n) is 6.76. The van der Waals surface area contributed by atoms with Gasteiger partial charge >= 0.3 is 0 Å². The van der Waals surface area contributed by atoms with E-state index in [9.17, 15) is 0 Å². The summed E-state index contributed by atoms with van der Waals surface area (Å²) in [5.41, 5.74) is 4.43. The van der Waals surface area contributed by atoms with Crippen LogP contribution in [0, 0.1) is 0 Å². The van der Waals surface area contributed by atoms with Crippen LogP contribution in [0.25, 0.3) is 11.1 Å². The molecule has 1 aliphatic heterocycles. The van der Waals surface area contributed by atoms with Crippen molar-refractivity contribution >= 4 is 18.4 Å². The van der Waals surface area contributed by atoms with Gasteiger partial charge in [-0.25, -0.2) is 0 Å². The summed E-state index contributed by atoms with van der Waals surface area (Å²) >= 11 is 0. The smallest absolute Gasteiger partial charge is 0.0623 e. The molecule has 0 aliphatic carbocycles. The lowest BCUT2D eigenvalue weighted by Gasteiger charge is -2.19. The molecule has 0 bridgehead atoms. The van der Waals surface area contributed by atoms with Gasteiger partial charge in [-0.05, 0) is 33.0 Å². The normalized spacial score (nSPS) is 15.6. The van der Waals surface area contributed by atoms with Crippen LogP contribution in [-0.2, 0) is 0 Å². The fraction of sp³-hybridized carbons (Fsp3) is 0.294. The molecule has 0 saturated carbocycles. The van der Waals surface area contributed by atoms with Gasteiger partial charge in [-0.3, -0.25) is 0 Å². The molecule has 0 saturated heterocycles. The molecule has 0 atom stereocenters. The molecule has 0 unspecified atom stereocenters. The fourth-order valence-corrected chi connectivity index (χ4v) is 6.17. The molecule has 2 aromatic rings. The summed E-state index contributed by atoms with van der Waals surface area (Å²) < 4.78 is 0. The zero-order chi connectivity index (χ0) is 12.9. The van der Waals surface area contributed by atoms with E-state index in [-0.39, 0.29) is 0 Å². The third-order valence-corrected chi connectivity index (χ3v) is 7.84. The van der Waals surface area contributed by atoms with E-state index in [1.807, 2.05) is 0 Å². The Hall–Kier alpha value is -1.34. The van der Waals surface area contributed by atoms with Crippen LogP contribution >= 0.6 is 0 Å². The lowest BCUT2D eigenvalue weighted by molar-refractivity contribution is 0.868. The van der Waals surface area contributed by atoms with E-state index in [1.165, 1.54) is 16.7 Å². The van der Waals surface area contributed by atoms with Crippen molar-refractivity contribution in [1.29, 1.82) is 0 Å². The molecule has 0 N–H and O–H groups in total. The summed E-state index contributed by atoms with van der Waals surface area (Å²) in [6.07, 6.45) is 0. The van der Waals surface area contributed by atoms with Crippen LogP contribution < -0.4 is 10.4 Å². The highest BCUT2D eigenvalue weighted by molar-refractivity contribution is 7.03. The van der Waals surface area contributed by atoms with E-state index >= 15 is 0 Å². The largest absolute Gasteiger partial charge is 0.113 e. The van der Waals surface area contributed by atoms with Gasteiger partial charge in [0.1, 0.15) is 8.07 Å². The third kappa shape index (κ3) is 1.50. The third-order valence-electron chi connectivity index (χ3n) is 4.27. The fourth-order valence-electron chi connectivity index (χ4n) is 3.10. The van der Waals surface area contributed by atoms with Crippen molar-refractivity contribution in [3.8, 4) is 11.1 Å². The molecule has 0 nitrogen and oxygen atoms in total. The van der Waals surface area contributed by atoms with E-state index in [2.05, 4.69) is 69.4 Å². The zero-order valence-corrected chi connectivity index (χ0v) is 12.6. The zero-order valence-electron chi connectivity index (χ0n) is 11.6. The molecular weight excluding hydrogens is 232 g/mol. The van der Waals surface area contributed by atoms with Crippen molar-refractivity contribution in [2.45, 2.75) is 32.9 Å². The Morgan fingerprint density at radius 2 is 1.50 bits per heavy atom. The number of hydrogen-bond acceptors (Lipinski definition) is 0. The number of fused-ring (bicyclic) bond motifs is 3. The summed E-state index contributed by atoms with van der Waals surface area (Å²) in [4.78, 5) is 0. The Labute approximate surface area is 111 Å². The molecule has 92 valence electrons. The first-order chi connectivity index (χ1) is 8.51. The Bertz CT molecular complexity index is 609. The van der Waals surface area contributed by atoms with Gasteiger partial charge in [-0.1, -0.05) is 69.4 Å². The monoisotopic (exact) mass is 252 g/mol. The average molecular weight is 252 g/mol. The highest BCUT2D eigenvalue weighted by atomic mass is 28.3. The molecule has 1 heterocycles. The summed E-state index contributed by atoms with van der Waals surface area (Å²) in [6.45, 7) is 9.47. The van der Waals surface area contributed by atoms with E-state index in [0.29, 0.717) is 5.92 Å². The van der Waals surface area contributed by atoms with Crippen LogP contribution in [0.3, 0.4) is 0 Å². The van der Waals surface area contributed by atoms with E-state index in [4.69, 9.17) is 0 Å². The molecule has 1 heteroatoms. The van der Waals surface area contributed by atoms with Crippen LogP contribution in [0.2, 0.25) is 13.1 Å². The van der Waals surface area contributed by atoms with Crippen molar-refractivity contribution in [1.82, 2.24) is 0 Å². The Balaban J connectivity index is 2.30. The molecule has 0 amide bonds. The van der Waals surface area contributed by atoms with Gasteiger partial charge in [-0.15, -0.1) is 0 Å². The quantitative estimate of drug-likeness (QED) is 0.680.